The maximum absolute atomic E-state index is 13.7. The third-order valence-corrected chi connectivity index (χ3v) is 7.63. The first-order chi connectivity index (χ1) is 16.4. The van der Waals surface area contributed by atoms with E-state index in [4.69, 9.17) is 23.2 Å². The van der Waals surface area contributed by atoms with E-state index in [1.807, 2.05) is 20.8 Å². The summed E-state index contributed by atoms with van der Waals surface area (Å²) in [7, 11) is -3.83. The Morgan fingerprint density at radius 1 is 1.03 bits per heavy atom. The molecule has 2 aromatic carbocycles. The lowest BCUT2D eigenvalue weighted by Gasteiger charge is -2.33. The van der Waals surface area contributed by atoms with Crippen molar-refractivity contribution in [2.24, 2.45) is 0 Å². The van der Waals surface area contributed by atoms with Gasteiger partial charge in [0.2, 0.25) is 21.8 Å². The number of sulfonamides is 1. The number of hydrogen-bond donors (Lipinski definition) is 1. The van der Waals surface area contributed by atoms with Gasteiger partial charge in [0.15, 0.2) is 0 Å². The Bertz CT molecular complexity index is 1140. The molecule has 0 aliphatic heterocycles. The van der Waals surface area contributed by atoms with Crippen molar-refractivity contribution < 1.29 is 18.0 Å². The molecule has 192 valence electrons. The van der Waals surface area contributed by atoms with Crippen LogP contribution < -0.4 is 9.62 Å². The molecule has 0 saturated heterocycles. The molecule has 1 N–H and O–H groups in total. The Morgan fingerprint density at radius 2 is 1.66 bits per heavy atom. The highest BCUT2D eigenvalue weighted by molar-refractivity contribution is 7.92. The van der Waals surface area contributed by atoms with E-state index >= 15 is 0 Å². The maximum atomic E-state index is 13.7. The highest BCUT2D eigenvalue weighted by Gasteiger charge is 2.32. The molecule has 2 atom stereocenters. The monoisotopic (exact) mass is 541 g/mol. The van der Waals surface area contributed by atoms with E-state index in [0.717, 1.165) is 22.5 Å². The number of carbonyl (C=O) groups excluding carboxylic acids is 2. The second-order valence-electron chi connectivity index (χ2n) is 8.54. The number of hydrogen-bond acceptors (Lipinski definition) is 4. The van der Waals surface area contributed by atoms with Crippen molar-refractivity contribution in [2.45, 2.75) is 59.2 Å². The van der Waals surface area contributed by atoms with Crippen LogP contribution >= 0.6 is 23.2 Å². The minimum atomic E-state index is -3.83. The van der Waals surface area contributed by atoms with Gasteiger partial charge >= 0.3 is 0 Å². The molecule has 0 heterocycles. The summed E-state index contributed by atoms with van der Waals surface area (Å²) in [6.45, 7) is 7.01. The Labute approximate surface area is 218 Å². The van der Waals surface area contributed by atoms with Gasteiger partial charge < -0.3 is 10.2 Å². The quantitative estimate of drug-likeness (QED) is 0.443. The van der Waals surface area contributed by atoms with Crippen molar-refractivity contribution in [3.05, 3.63) is 63.6 Å². The molecule has 2 unspecified atom stereocenters. The van der Waals surface area contributed by atoms with Crippen LogP contribution in [0.5, 0.6) is 0 Å². The van der Waals surface area contributed by atoms with Gasteiger partial charge in [0.25, 0.3) is 0 Å². The number of anilines is 1. The Morgan fingerprint density at radius 3 is 2.20 bits per heavy atom. The van der Waals surface area contributed by atoms with Crippen LogP contribution in [0.4, 0.5) is 5.69 Å². The normalized spacial score (nSPS) is 13.1. The van der Waals surface area contributed by atoms with Crippen LogP contribution in [0, 0.1) is 6.92 Å². The van der Waals surface area contributed by atoms with Crippen molar-refractivity contribution >= 4 is 50.7 Å². The van der Waals surface area contributed by atoms with Crippen LogP contribution in [0.15, 0.2) is 42.5 Å². The minimum absolute atomic E-state index is 0.0642. The van der Waals surface area contributed by atoms with Gasteiger partial charge in [0.05, 0.1) is 11.9 Å². The van der Waals surface area contributed by atoms with E-state index in [-0.39, 0.29) is 18.5 Å². The van der Waals surface area contributed by atoms with E-state index in [2.05, 4.69) is 5.32 Å². The molecule has 2 aromatic rings. The molecule has 2 amide bonds. The zero-order valence-electron chi connectivity index (χ0n) is 20.7. The van der Waals surface area contributed by atoms with Crippen LogP contribution in [0.2, 0.25) is 10.0 Å². The molecule has 0 fully saturated rings. The van der Waals surface area contributed by atoms with Crippen molar-refractivity contribution in [2.75, 3.05) is 17.1 Å². The van der Waals surface area contributed by atoms with Crippen molar-refractivity contribution in [1.82, 2.24) is 10.2 Å². The third kappa shape index (κ3) is 7.85. The number of nitrogens with zero attached hydrogens (tertiary/aromatic N) is 2. The van der Waals surface area contributed by atoms with E-state index in [0.29, 0.717) is 27.7 Å². The first kappa shape index (κ1) is 28.9. The van der Waals surface area contributed by atoms with Gasteiger partial charge in [-0.15, -0.1) is 0 Å². The molecule has 0 saturated carbocycles. The lowest BCUT2D eigenvalue weighted by molar-refractivity contribution is -0.140. The highest BCUT2D eigenvalue weighted by Crippen LogP contribution is 2.28. The van der Waals surface area contributed by atoms with Crippen LogP contribution in [0.1, 0.15) is 44.7 Å². The SMILES string of the molecule is CCC(C)NC(=O)C(CC)N(Cc1ccc(Cl)cc1)C(=O)CN(c1cccc(Cl)c1C)S(C)(=O)=O. The van der Waals surface area contributed by atoms with Crippen LogP contribution in [-0.4, -0.2) is 50.0 Å². The number of benzene rings is 2. The van der Waals surface area contributed by atoms with E-state index in [1.165, 1.54) is 4.90 Å². The smallest absolute Gasteiger partial charge is 0.244 e. The van der Waals surface area contributed by atoms with Gasteiger partial charge in [0.1, 0.15) is 12.6 Å². The zero-order chi connectivity index (χ0) is 26.3. The molecule has 0 bridgehead atoms. The van der Waals surface area contributed by atoms with Crippen LogP contribution in [-0.2, 0) is 26.2 Å². The second-order valence-corrected chi connectivity index (χ2v) is 11.3. The Balaban J connectivity index is 2.47. The fraction of sp³-hybridized carbons (Fsp3) is 0.440. The van der Waals surface area contributed by atoms with E-state index in [1.54, 1.807) is 49.4 Å². The van der Waals surface area contributed by atoms with Gasteiger partial charge in [-0.05, 0) is 62.1 Å². The number of carbonyl (C=O) groups is 2. The van der Waals surface area contributed by atoms with E-state index in [9.17, 15) is 18.0 Å². The standard InChI is InChI=1S/C25H33Cl2N3O4S/c1-6-17(3)28-25(32)22(7-2)29(15-19-11-13-20(26)14-12-19)24(31)16-30(35(5,33)34)23-10-8-9-21(27)18(23)4/h8-14,17,22H,6-7,15-16H2,1-5H3,(H,28,32). The topological polar surface area (TPSA) is 86.8 Å². The number of amides is 2. The first-order valence-electron chi connectivity index (χ1n) is 11.5. The summed E-state index contributed by atoms with van der Waals surface area (Å²) < 4.78 is 26.5. The molecule has 0 aliphatic rings. The van der Waals surface area contributed by atoms with Crippen molar-refractivity contribution in [3.63, 3.8) is 0 Å². The average molecular weight is 543 g/mol. The molecule has 35 heavy (non-hydrogen) atoms. The number of halogens is 2. The molecule has 0 spiro atoms. The Hall–Kier alpha value is -2.29. The molecular formula is C25H33Cl2N3O4S. The van der Waals surface area contributed by atoms with Crippen molar-refractivity contribution in [3.8, 4) is 0 Å². The number of nitrogens with one attached hydrogen (secondary N) is 1. The average Bonchev–Trinajstić information content (AvgIpc) is 2.79. The van der Waals surface area contributed by atoms with Crippen LogP contribution in [0.25, 0.3) is 0 Å². The summed E-state index contributed by atoms with van der Waals surface area (Å²) in [6.07, 6.45) is 2.14. The second kappa shape index (κ2) is 12.6. The van der Waals surface area contributed by atoms with Crippen LogP contribution in [0.3, 0.4) is 0 Å². The summed E-state index contributed by atoms with van der Waals surface area (Å²) in [5.74, 6) is -0.787. The summed E-state index contributed by atoms with van der Waals surface area (Å²) in [6, 6.07) is 11.0. The van der Waals surface area contributed by atoms with Gasteiger partial charge in [-0.25, -0.2) is 8.42 Å². The first-order valence-corrected chi connectivity index (χ1v) is 14.1. The fourth-order valence-electron chi connectivity index (χ4n) is 3.61. The lowest BCUT2D eigenvalue weighted by Crippen LogP contribution is -2.53. The van der Waals surface area contributed by atoms with Gasteiger partial charge in [0, 0.05) is 22.6 Å². The third-order valence-electron chi connectivity index (χ3n) is 5.84. The molecular weight excluding hydrogens is 509 g/mol. The predicted molar refractivity (Wildman–Crippen MR) is 142 cm³/mol. The van der Waals surface area contributed by atoms with Gasteiger partial charge in [-0.2, -0.15) is 0 Å². The predicted octanol–water partition coefficient (Wildman–Crippen LogP) is 4.79. The molecule has 0 aromatic heterocycles. The van der Waals surface area contributed by atoms with Crippen molar-refractivity contribution in [1.29, 1.82) is 0 Å². The Kier molecular flexibility index (Phi) is 10.4. The lowest BCUT2D eigenvalue weighted by atomic mass is 10.1. The molecule has 0 radical (unpaired) electrons. The summed E-state index contributed by atoms with van der Waals surface area (Å²) in [5.41, 5.74) is 1.62. The number of rotatable bonds is 11. The zero-order valence-corrected chi connectivity index (χ0v) is 23.0. The fourth-order valence-corrected chi connectivity index (χ4v) is 4.80. The summed E-state index contributed by atoms with van der Waals surface area (Å²) >= 11 is 12.2. The van der Waals surface area contributed by atoms with Gasteiger partial charge in [-0.3, -0.25) is 13.9 Å². The molecule has 7 nitrogen and oxygen atoms in total. The highest BCUT2D eigenvalue weighted by atomic mass is 35.5. The minimum Gasteiger partial charge on any atom is -0.352 e. The molecule has 2 rings (SSSR count). The largest absolute Gasteiger partial charge is 0.352 e. The van der Waals surface area contributed by atoms with E-state index < -0.39 is 28.5 Å². The maximum Gasteiger partial charge on any atom is 0.244 e. The van der Waals surface area contributed by atoms with Gasteiger partial charge in [-0.1, -0.05) is 55.2 Å². The molecule has 10 heteroatoms. The summed E-state index contributed by atoms with van der Waals surface area (Å²) in [4.78, 5) is 28.2. The summed E-state index contributed by atoms with van der Waals surface area (Å²) in [5, 5.41) is 3.88. The molecule has 0 aliphatic carbocycles.